The largest absolute Gasteiger partial charge is 0.307 e. The van der Waals surface area contributed by atoms with Crippen molar-refractivity contribution in [2.45, 2.75) is 45.1 Å². The van der Waals surface area contributed by atoms with Crippen LogP contribution in [0, 0.1) is 0 Å². The minimum absolute atomic E-state index is 0.669. The molecule has 0 spiro atoms. The van der Waals surface area contributed by atoms with E-state index in [1.165, 1.54) is 25.7 Å². The predicted molar refractivity (Wildman–Crippen MR) is 44.2 cm³/mol. The van der Waals surface area contributed by atoms with E-state index in [1.54, 1.807) is 0 Å². The minimum atomic E-state index is 0.669. The van der Waals surface area contributed by atoms with Crippen molar-refractivity contribution >= 4 is 6.21 Å². The smallest absolute Gasteiger partial charge is 0.0440 e. The summed E-state index contributed by atoms with van der Waals surface area (Å²) in [5.41, 5.74) is 3.15. The third kappa shape index (κ3) is 2.38. The third-order valence-corrected chi connectivity index (χ3v) is 1.89. The molecule has 0 unspecified atom stereocenters. The maximum absolute atomic E-state index is 4.10. The Bertz CT molecular complexity index is 104. The fourth-order valence-electron chi connectivity index (χ4n) is 1.30. The summed E-state index contributed by atoms with van der Waals surface area (Å²) in [6.45, 7) is 2.10. The summed E-state index contributed by atoms with van der Waals surface area (Å²) in [6.07, 6.45) is 8.32. The zero-order chi connectivity index (χ0) is 7.23. The van der Waals surface area contributed by atoms with Crippen LogP contribution in [0.3, 0.4) is 0 Å². The molecule has 1 N–H and O–H groups in total. The lowest BCUT2D eigenvalue weighted by atomic mass is 10.3. The first-order chi connectivity index (χ1) is 4.93. The van der Waals surface area contributed by atoms with Crippen LogP contribution in [0.5, 0.6) is 0 Å². The van der Waals surface area contributed by atoms with Crippen LogP contribution in [0.1, 0.15) is 39.0 Å². The summed E-state index contributed by atoms with van der Waals surface area (Å²) in [5.74, 6) is 0. The third-order valence-electron chi connectivity index (χ3n) is 1.89. The van der Waals surface area contributed by atoms with Crippen molar-refractivity contribution < 1.29 is 0 Å². The van der Waals surface area contributed by atoms with Gasteiger partial charge in [0.15, 0.2) is 0 Å². The van der Waals surface area contributed by atoms with E-state index in [0.717, 1.165) is 6.42 Å². The molecule has 0 aromatic carbocycles. The van der Waals surface area contributed by atoms with Gasteiger partial charge in [-0.05, 0) is 19.3 Å². The van der Waals surface area contributed by atoms with Crippen LogP contribution >= 0.6 is 0 Å². The van der Waals surface area contributed by atoms with Gasteiger partial charge in [0.1, 0.15) is 0 Å². The minimum Gasteiger partial charge on any atom is -0.307 e. The van der Waals surface area contributed by atoms with E-state index >= 15 is 0 Å². The monoisotopic (exact) mass is 140 g/mol. The molecular formula is C8H16N2. The summed E-state index contributed by atoms with van der Waals surface area (Å²) in [5, 5.41) is 4.10. The van der Waals surface area contributed by atoms with Crippen molar-refractivity contribution in [2.24, 2.45) is 5.10 Å². The van der Waals surface area contributed by atoms with Gasteiger partial charge in [-0.3, -0.25) is 0 Å². The maximum Gasteiger partial charge on any atom is 0.0440 e. The van der Waals surface area contributed by atoms with E-state index in [9.17, 15) is 0 Å². The van der Waals surface area contributed by atoms with Gasteiger partial charge in [0.05, 0.1) is 0 Å². The van der Waals surface area contributed by atoms with Crippen LogP contribution in [-0.4, -0.2) is 12.3 Å². The molecule has 0 amide bonds. The first-order valence-electron chi connectivity index (χ1n) is 4.20. The summed E-state index contributed by atoms with van der Waals surface area (Å²) in [4.78, 5) is 0. The van der Waals surface area contributed by atoms with Crippen LogP contribution in [0.4, 0.5) is 0 Å². The van der Waals surface area contributed by atoms with Gasteiger partial charge in [0.2, 0.25) is 0 Å². The lowest BCUT2D eigenvalue weighted by Crippen LogP contribution is -2.19. The molecule has 2 nitrogen and oxygen atoms in total. The Morgan fingerprint density at radius 3 is 2.80 bits per heavy atom. The number of rotatable bonds is 3. The van der Waals surface area contributed by atoms with Gasteiger partial charge < -0.3 is 5.43 Å². The fraction of sp³-hybridized carbons (Fsp3) is 0.875. The SMILES string of the molecule is CCC=NNC1CCCC1. The topological polar surface area (TPSA) is 24.4 Å². The van der Waals surface area contributed by atoms with Crippen LogP contribution in [-0.2, 0) is 0 Å². The van der Waals surface area contributed by atoms with Gasteiger partial charge in [0.25, 0.3) is 0 Å². The molecule has 1 fully saturated rings. The molecule has 1 saturated carbocycles. The molecule has 0 aromatic heterocycles. The van der Waals surface area contributed by atoms with Gasteiger partial charge in [-0.25, -0.2) is 0 Å². The second-order valence-corrected chi connectivity index (χ2v) is 2.83. The van der Waals surface area contributed by atoms with Crippen LogP contribution in [0.15, 0.2) is 5.10 Å². The van der Waals surface area contributed by atoms with E-state index in [1.807, 2.05) is 6.21 Å². The Morgan fingerprint density at radius 1 is 1.50 bits per heavy atom. The standard InChI is InChI=1S/C8H16N2/c1-2-7-9-10-8-5-3-4-6-8/h7-8,10H,2-6H2,1H3. The molecule has 0 saturated heterocycles. The first kappa shape index (κ1) is 7.58. The van der Waals surface area contributed by atoms with Gasteiger partial charge in [-0.15, -0.1) is 0 Å². The summed E-state index contributed by atoms with van der Waals surface area (Å²) >= 11 is 0. The van der Waals surface area contributed by atoms with E-state index in [2.05, 4.69) is 17.5 Å². The number of hydrazone groups is 1. The number of nitrogens with zero attached hydrogens (tertiary/aromatic N) is 1. The summed E-state index contributed by atoms with van der Waals surface area (Å²) < 4.78 is 0. The molecule has 58 valence electrons. The van der Waals surface area contributed by atoms with Crippen LogP contribution in [0.25, 0.3) is 0 Å². The number of hydrogen-bond donors (Lipinski definition) is 1. The van der Waals surface area contributed by atoms with Gasteiger partial charge in [-0.2, -0.15) is 5.10 Å². The summed E-state index contributed by atoms with van der Waals surface area (Å²) in [6, 6.07) is 0.669. The quantitative estimate of drug-likeness (QED) is 0.470. The number of nitrogens with one attached hydrogen (secondary N) is 1. The Kier molecular flexibility index (Phi) is 3.27. The Balaban J connectivity index is 2.06. The molecule has 0 bridgehead atoms. The molecule has 2 heteroatoms. The van der Waals surface area contributed by atoms with Crippen molar-refractivity contribution in [3.8, 4) is 0 Å². The molecular weight excluding hydrogens is 124 g/mol. The molecule has 1 aliphatic carbocycles. The van der Waals surface area contributed by atoms with E-state index in [-0.39, 0.29) is 0 Å². The van der Waals surface area contributed by atoms with E-state index in [4.69, 9.17) is 0 Å². The predicted octanol–water partition coefficient (Wildman–Crippen LogP) is 1.91. The molecule has 0 heterocycles. The van der Waals surface area contributed by atoms with Crippen molar-refractivity contribution in [1.82, 2.24) is 5.43 Å². The van der Waals surface area contributed by atoms with E-state index < -0.39 is 0 Å². The maximum atomic E-state index is 4.10. The van der Waals surface area contributed by atoms with Gasteiger partial charge in [0, 0.05) is 12.3 Å². The van der Waals surface area contributed by atoms with Crippen LogP contribution in [0.2, 0.25) is 0 Å². The van der Waals surface area contributed by atoms with Crippen LogP contribution < -0.4 is 5.43 Å². The normalized spacial score (nSPS) is 20.5. The average molecular weight is 140 g/mol. The molecule has 0 atom stereocenters. The second-order valence-electron chi connectivity index (χ2n) is 2.83. The summed E-state index contributed by atoms with van der Waals surface area (Å²) in [7, 11) is 0. The van der Waals surface area contributed by atoms with Gasteiger partial charge >= 0.3 is 0 Å². The Hall–Kier alpha value is -0.530. The lowest BCUT2D eigenvalue weighted by Gasteiger charge is -2.06. The molecule has 1 rings (SSSR count). The highest BCUT2D eigenvalue weighted by Crippen LogP contribution is 2.17. The molecule has 0 aromatic rings. The Morgan fingerprint density at radius 2 is 2.20 bits per heavy atom. The fourth-order valence-corrected chi connectivity index (χ4v) is 1.30. The molecule has 10 heavy (non-hydrogen) atoms. The molecule has 0 radical (unpaired) electrons. The van der Waals surface area contributed by atoms with Crippen molar-refractivity contribution in [1.29, 1.82) is 0 Å². The van der Waals surface area contributed by atoms with Crippen molar-refractivity contribution in [2.75, 3.05) is 0 Å². The number of hydrogen-bond acceptors (Lipinski definition) is 2. The van der Waals surface area contributed by atoms with Gasteiger partial charge in [-0.1, -0.05) is 19.8 Å². The van der Waals surface area contributed by atoms with Crippen molar-refractivity contribution in [3.63, 3.8) is 0 Å². The zero-order valence-electron chi connectivity index (χ0n) is 6.64. The first-order valence-corrected chi connectivity index (χ1v) is 4.20. The highest BCUT2D eigenvalue weighted by Gasteiger charge is 2.12. The lowest BCUT2D eigenvalue weighted by molar-refractivity contribution is 0.548. The van der Waals surface area contributed by atoms with Crippen molar-refractivity contribution in [3.05, 3.63) is 0 Å². The zero-order valence-corrected chi connectivity index (χ0v) is 6.64. The molecule has 1 aliphatic rings. The highest BCUT2D eigenvalue weighted by atomic mass is 15.3. The molecule has 0 aliphatic heterocycles. The Labute approximate surface area is 62.7 Å². The average Bonchev–Trinajstić information content (AvgIpc) is 2.41. The van der Waals surface area contributed by atoms with E-state index in [0.29, 0.717) is 6.04 Å². The second kappa shape index (κ2) is 4.31. The highest BCUT2D eigenvalue weighted by molar-refractivity contribution is 5.55.